The Balaban J connectivity index is 2.30. The molecule has 2 aromatic rings. The highest BCUT2D eigenvalue weighted by molar-refractivity contribution is 5.37. The molecule has 2 aromatic carbocycles. The molecule has 0 aliphatic heterocycles. The van der Waals surface area contributed by atoms with Crippen LogP contribution in [0.1, 0.15) is 5.56 Å². The summed E-state index contributed by atoms with van der Waals surface area (Å²) in [7, 11) is 0. The zero-order valence-corrected chi connectivity index (χ0v) is 8.71. The number of rotatable bonds is 2. The molecule has 0 radical (unpaired) electrons. The average Bonchev–Trinajstić information content (AvgIpc) is 2.20. The minimum atomic E-state index is -0.649. The summed E-state index contributed by atoms with van der Waals surface area (Å²) in [4.78, 5) is 0. The lowest BCUT2D eigenvalue weighted by molar-refractivity contribution is 0.465. The summed E-state index contributed by atoms with van der Waals surface area (Å²) in [5.74, 6) is -0.550. The third kappa shape index (κ3) is 2.37. The van der Waals surface area contributed by atoms with Crippen molar-refractivity contribution in [2.24, 2.45) is 0 Å². The molecule has 0 saturated heterocycles. The topological polar surface area (TPSA) is 9.23 Å². The third-order valence-electron chi connectivity index (χ3n) is 2.16. The SMILES string of the molecule is Cc1ccccc1Oc1cc(F)cc(F)c1. The van der Waals surface area contributed by atoms with Crippen LogP contribution in [-0.4, -0.2) is 0 Å². The first kappa shape index (κ1) is 10.6. The predicted molar refractivity (Wildman–Crippen MR) is 57.6 cm³/mol. The van der Waals surface area contributed by atoms with Crippen molar-refractivity contribution in [2.75, 3.05) is 0 Å². The first-order valence-electron chi connectivity index (χ1n) is 4.85. The van der Waals surface area contributed by atoms with Crippen molar-refractivity contribution in [1.29, 1.82) is 0 Å². The number of aryl methyl sites for hydroxylation is 1. The fourth-order valence-corrected chi connectivity index (χ4v) is 1.39. The van der Waals surface area contributed by atoms with E-state index in [9.17, 15) is 8.78 Å². The van der Waals surface area contributed by atoms with E-state index in [1.54, 1.807) is 12.1 Å². The molecule has 0 saturated carbocycles. The average molecular weight is 220 g/mol. The molecule has 0 amide bonds. The molecule has 1 nitrogen and oxygen atoms in total. The van der Waals surface area contributed by atoms with Crippen LogP contribution in [0.3, 0.4) is 0 Å². The minimum Gasteiger partial charge on any atom is -0.457 e. The molecule has 0 aliphatic rings. The monoisotopic (exact) mass is 220 g/mol. The van der Waals surface area contributed by atoms with Crippen molar-refractivity contribution in [1.82, 2.24) is 0 Å². The van der Waals surface area contributed by atoms with E-state index in [4.69, 9.17) is 4.74 Å². The van der Waals surface area contributed by atoms with Crippen LogP contribution in [0.2, 0.25) is 0 Å². The highest BCUT2D eigenvalue weighted by Crippen LogP contribution is 2.25. The molecule has 0 aliphatic carbocycles. The van der Waals surface area contributed by atoms with Crippen molar-refractivity contribution >= 4 is 0 Å². The zero-order chi connectivity index (χ0) is 11.5. The lowest BCUT2D eigenvalue weighted by Gasteiger charge is -2.08. The van der Waals surface area contributed by atoms with Gasteiger partial charge in [0.15, 0.2) is 0 Å². The van der Waals surface area contributed by atoms with E-state index in [-0.39, 0.29) is 5.75 Å². The van der Waals surface area contributed by atoms with Crippen LogP contribution in [0.4, 0.5) is 8.78 Å². The van der Waals surface area contributed by atoms with Crippen molar-refractivity contribution in [3.05, 3.63) is 59.7 Å². The predicted octanol–water partition coefficient (Wildman–Crippen LogP) is 4.07. The minimum absolute atomic E-state index is 0.159. The summed E-state index contributed by atoms with van der Waals surface area (Å²) in [6, 6.07) is 10.4. The highest BCUT2D eigenvalue weighted by atomic mass is 19.1. The van der Waals surface area contributed by atoms with E-state index in [0.717, 1.165) is 23.8 Å². The summed E-state index contributed by atoms with van der Waals surface area (Å²) < 4.78 is 31.2. The Morgan fingerprint density at radius 1 is 0.938 bits per heavy atom. The van der Waals surface area contributed by atoms with Gasteiger partial charge < -0.3 is 4.74 Å². The standard InChI is InChI=1S/C13H10F2O/c1-9-4-2-3-5-13(9)16-12-7-10(14)6-11(15)8-12/h2-8H,1H3. The molecule has 0 N–H and O–H groups in total. The number of hydrogen-bond acceptors (Lipinski definition) is 1. The maximum Gasteiger partial charge on any atom is 0.133 e. The Hall–Kier alpha value is -1.90. The van der Waals surface area contributed by atoms with Crippen LogP contribution >= 0.6 is 0 Å². The Morgan fingerprint density at radius 2 is 1.56 bits per heavy atom. The highest BCUT2D eigenvalue weighted by Gasteiger charge is 2.04. The molecule has 3 heteroatoms. The molecular formula is C13H10F2O. The van der Waals surface area contributed by atoms with Gasteiger partial charge in [-0.1, -0.05) is 18.2 Å². The molecule has 16 heavy (non-hydrogen) atoms. The van der Waals surface area contributed by atoms with Crippen molar-refractivity contribution in [3.8, 4) is 11.5 Å². The van der Waals surface area contributed by atoms with Gasteiger partial charge in [0.05, 0.1) is 0 Å². The number of hydrogen-bond donors (Lipinski definition) is 0. The summed E-state index contributed by atoms with van der Waals surface area (Å²) in [6.45, 7) is 1.87. The maximum absolute atomic E-state index is 12.9. The van der Waals surface area contributed by atoms with Crippen molar-refractivity contribution in [3.63, 3.8) is 0 Å². The maximum atomic E-state index is 12.9. The number of benzene rings is 2. The second kappa shape index (κ2) is 4.31. The van der Waals surface area contributed by atoms with Crippen LogP contribution < -0.4 is 4.74 Å². The van der Waals surface area contributed by atoms with Crippen LogP contribution in [0.25, 0.3) is 0 Å². The smallest absolute Gasteiger partial charge is 0.133 e. The number of halogens is 2. The summed E-state index contributed by atoms with van der Waals surface area (Å²) in [6.07, 6.45) is 0. The van der Waals surface area contributed by atoms with E-state index in [2.05, 4.69) is 0 Å². The lowest BCUT2D eigenvalue weighted by Crippen LogP contribution is -1.89. The zero-order valence-electron chi connectivity index (χ0n) is 8.71. The van der Waals surface area contributed by atoms with Gasteiger partial charge in [-0.2, -0.15) is 0 Å². The van der Waals surface area contributed by atoms with Gasteiger partial charge in [0.1, 0.15) is 23.1 Å². The molecule has 0 atom stereocenters. The first-order chi connectivity index (χ1) is 7.65. The summed E-state index contributed by atoms with van der Waals surface area (Å²) in [5.41, 5.74) is 0.909. The van der Waals surface area contributed by atoms with Gasteiger partial charge in [-0.3, -0.25) is 0 Å². The van der Waals surface area contributed by atoms with Crippen molar-refractivity contribution in [2.45, 2.75) is 6.92 Å². The molecule has 0 bridgehead atoms. The normalized spacial score (nSPS) is 10.2. The van der Waals surface area contributed by atoms with Gasteiger partial charge in [-0.05, 0) is 18.6 Å². The first-order valence-corrected chi connectivity index (χ1v) is 4.85. The van der Waals surface area contributed by atoms with Crippen molar-refractivity contribution < 1.29 is 13.5 Å². The van der Waals surface area contributed by atoms with E-state index in [0.29, 0.717) is 5.75 Å². The second-order valence-electron chi connectivity index (χ2n) is 3.47. The van der Waals surface area contributed by atoms with Crippen LogP contribution in [0.5, 0.6) is 11.5 Å². The van der Waals surface area contributed by atoms with Gasteiger partial charge in [0, 0.05) is 18.2 Å². The second-order valence-corrected chi connectivity index (χ2v) is 3.47. The molecule has 2 rings (SSSR count). The van der Waals surface area contributed by atoms with E-state index in [1.807, 2.05) is 19.1 Å². The van der Waals surface area contributed by atoms with Crippen LogP contribution in [-0.2, 0) is 0 Å². The molecule has 0 unspecified atom stereocenters. The lowest BCUT2D eigenvalue weighted by atomic mass is 10.2. The quantitative estimate of drug-likeness (QED) is 0.741. The third-order valence-corrected chi connectivity index (χ3v) is 2.16. The molecule has 82 valence electrons. The van der Waals surface area contributed by atoms with Gasteiger partial charge in [-0.15, -0.1) is 0 Å². The Labute approximate surface area is 92.3 Å². The van der Waals surface area contributed by atoms with Crippen LogP contribution in [0.15, 0.2) is 42.5 Å². The van der Waals surface area contributed by atoms with E-state index >= 15 is 0 Å². The fraction of sp³-hybridized carbons (Fsp3) is 0.0769. The van der Waals surface area contributed by atoms with Gasteiger partial charge >= 0.3 is 0 Å². The van der Waals surface area contributed by atoms with Gasteiger partial charge in [0.2, 0.25) is 0 Å². The van der Waals surface area contributed by atoms with E-state index in [1.165, 1.54) is 0 Å². The Kier molecular flexibility index (Phi) is 2.86. The molecular weight excluding hydrogens is 210 g/mol. The van der Waals surface area contributed by atoms with E-state index < -0.39 is 11.6 Å². The Bertz CT molecular complexity index is 489. The summed E-state index contributed by atoms with van der Waals surface area (Å²) in [5, 5.41) is 0. The number of ether oxygens (including phenoxy) is 1. The molecule has 0 heterocycles. The molecule has 0 fully saturated rings. The Morgan fingerprint density at radius 3 is 2.19 bits per heavy atom. The largest absolute Gasteiger partial charge is 0.457 e. The fourth-order valence-electron chi connectivity index (χ4n) is 1.39. The molecule has 0 spiro atoms. The molecule has 0 aromatic heterocycles. The van der Waals surface area contributed by atoms with Gasteiger partial charge in [0.25, 0.3) is 0 Å². The number of para-hydroxylation sites is 1. The van der Waals surface area contributed by atoms with Gasteiger partial charge in [-0.25, -0.2) is 8.78 Å². The van der Waals surface area contributed by atoms with Crippen LogP contribution in [0, 0.1) is 18.6 Å². The summed E-state index contributed by atoms with van der Waals surface area (Å²) >= 11 is 0.